The molecule has 10 nitrogen and oxygen atoms in total. The summed E-state index contributed by atoms with van der Waals surface area (Å²) in [6.45, 7) is 5.46. The van der Waals surface area contributed by atoms with Gasteiger partial charge in [0.1, 0.15) is 0 Å². The van der Waals surface area contributed by atoms with Crippen LogP contribution in [0.1, 0.15) is 47.3 Å². The van der Waals surface area contributed by atoms with E-state index in [1.807, 2.05) is 67.6 Å². The van der Waals surface area contributed by atoms with E-state index in [4.69, 9.17) is 5.11 Å². The minimum Gasteiger partial charge on any atom is -0.478 e. The number of halogens is 1. The Bertz CT molecular complexity index is 1450. The number of hydrogen-bond donors (Lipinski definition) is 5. The van der Waals surface area contributed by atoms with E-state index in [9.17, 15) is 19.2 Å². The normalized spacial score (nSPS) is 14.0. The van der Waals surface area contributed by atoms with Gasteiger partial charge in [0.2, 0.25) is 5.91 Å². The largest absolute Gasteiger partial charge is 0.478 e. The Hall–Kier alpha value is -4.41. The number of hydrazine groups is 1. The summed E-state index contributed by atoms with van der Waals surface area (Å²) in [7, 11) is 0. The third-order valence-electron chi connectivity index (χ3n) is 7.00. The van der Waals surface area contributed by atoms with Crippen molar-refractivity contribution in [1.82, 2.24) is 21.5 Å². The zero-order valence-electron chi connectivity index (χ0n) is 23.4. The van der Waals surface area contributed by atoms with Crippen LogP contribution in [0.3, 0.4) is 0 Å². The van der Waals surface area contributed by atoms with Gasteiger partial charge >= 0.3 is 5.97 Å². The number of amides is 3. The molecule has 0 bridgehead atoms. The number of carbonyl (C=O) groups is 4. The molecule has 222 valence electrons. The second-order valence-corrected chi connectivity index (χ2v) is 9.90. The van der Waals surface area contributed by atoms with Crippen LogP contribution in [-0.4, -0.2) is 55.0 Å². The summed E-state index contributed by atoms with van der Waals surface area (Å²) in [6, 6.07) is 19.6. The van der Waals surface area contributed by atoms with Gasteiger partial charge in [-0.2, -0.15) is 0 Å². The van der Waals surface area contributed by atoms with Crippen molar-refractivity contribution in [3.05, 3.63) is 89.5 Å². The minimum absolute atomic E-state index is 0. The number of carboxylic acids is 1. The standard InChI is InChI=1S/C31H35N5O5.ClH/c1-21(25-9-4-7-22-6-2-3-8-26(22)25)33-31(41)27-20-24(36-18-5-16-32-17-19-36)12-10-23(27)11-13-28(37)34-35-29(38)14-15-30(39)40;/h2-4,6-10,12,14-15,20-21,32H,5,11,13,16-19H2,1H3,(H,33,41)(H,34,37)(H,35,38)(H,39,40);1H/b15-14+;/t21-;/m1./s1. The molecule has 3 aromatic carbocycles. The molecule has 1 saturated heterocycles. The zero-order chi connectivity index (χ0) is 29.2. The monoisotopic (exact) mass is 593 g/mol. The van der Waals surface area contributed by atoms with Gasteiger partial charge in [0, 0.05) is 49.5 Å². The summed E-state index contributed by atoms with van der Waals surface area (Å²) in [5.74, 6) is -2.74. The Morgan fingerprint density at radius 2 is 1.76 bits per heavy atom. The summed E-state index contributed by atoms with van der Waals surface area (Å²) >= 11 is 0. The summed E-state index contributed by atoms with van der Waals surface area (Å²) in [4.78, 5) is 50.6. The third-order valence-corrected chi connectivity index (χ3v) is 7.00. The number of carboxylic acid groups (broad SMARTS) is 1. The Kier molecular flexibility index (Phi) is 11.9. The molecule has 0 saturated carbocycles. The van der Waals surface area contributed by atoms with Gasteiger partial charge in [0.05, 0.1) is 6.04 Å². The quantitative estimate of drug-likeness (QED) is 0.189. The number of nitrogens with one attached hydrogen (secondary N) is 4. The second-order valence-electron chi connectivity index (χ2n) is 9.90. The van der Waals surface area contributed by atoms with Gasteiger partial charge in [-0.1, -0.05) is 48.5 Å². The molecule has 1 aliphatic heterocycles. The predicted octanol–water partition coefficient (Wildman–Crippen LogP) is 3.27. The van der Waals surface area contributed by atoms with Gasteiger partial charge in [-0.25, -0.2) is 4.79 Å². The van der Waals surface area contributed by atoms with Crippen molar-refractivity contribution in [2.24, 2.45) is 0 Å². The first kappa shape index (κ1) is 32.1. The van der Waals surface area contributed by atoms with E-state index in [0.717, 1.165) is 60.7 Å². The van der Waals surface area contributed by atoms with Crippen LogP contribution >= 0.6 is 12.4 Å². The van der Waals surface area contributed by atoms with Crippen LogP contribution < -0.4 is 26.4 Å². The van der Waals surface area contributed by atoms with E-state index >= 15 is 0 Å². The molecular formula is C31H36ClN5O5. The molecule has 42 heavy (non-hydrogen) atoms. The van der Waals surface area contributed by atoms with Crippen molar-refractivity contribution in [2.45, 2.75) is 32.2 Å². The van der Waals surface area contributed by atoms with Crippen LogP contribution in [-0.2, 0) is 20.8 Å². The lowest BCUT2D eigenvalue weighted by Crippen LogP contribution is -2.41. The smallest absolute Gasteiger partial charge is 0.328 e. The molecule has 11 heteroatoms. The Labute approximate surface area is 250 Å². The first-order valence-electron chi connectivity index (χ1n) is 13.7. The van der Waals surface area contributed by atoms with Crippen molar-refractivity contribution in [2.75, 3.05) is 31.1 Å². The molecule has 0 spiro atoms. The maximum absolute atomic E-state index is 13.7. The summed E-state index contributed by atoms with van der Waals surface area (Å²) < 4.78 is 0. The van der Waals surface area contributed by atoms with Crippen molar-refractivity contribution in [3.8, 4) is 0 Å². The van der Waals surface area contributed by atoms with E-state index in [-0.39, 0.29) is 37.2 Å². The number of rotatable bonds is 9. The summed E-state index contributed by atoms with van der Waals surface area (Å²) in [5.41, 5.74) is 7.57. The van der Waals surface area contributed by atoms with Crippen molar-refractivity contribution in [3.63, 3.8) is 0 Å². The van der Waals surface area contributed by atoms with Crippen LogP contribution in [0.15, 0.2) is 72.8 Å². The Morgan fingerprint density at radius 3 is 2.57 bits per heavy atom. The lowest BCUT2D eigenvalue weighted by atomic mass is 9.98. The number of nitrogens with zero attached hydrogens (tertiary/aromatic N) is 1. The van der Waals surface area contributed by atoms with Crippen LogP contribution in [0.25, 0.3) is 10.8 Å². The highest BCUT2D eigenvalue weighted by Crippen LogP contribution is 2.26. The predicted molar refractivity (Wildman–Crippen MR) is 165 cm³/mol. The van der Waals surface area contributed by atoms with E-state index in [2.05, 4.69) is 26.4 Å². The van der Waals surface area contributed by atoms with E-state index in [0.29, 0.717) is 17.2 Å². The average Bonchev–Trinajstić information content (AvgIpc) is 3.27. The van der Waals surface area contributed by atoms with Crippen LogP contribution in [0, 0.1) is 0 Å². The zero-order valence-corrected chi connectivity index (χ0v) is 24.2. The molecule has 0 unspecified atom stereocenters. The maximum Gasteiger partial charge on any atom is 0.328 e. The Morgan fingerprint density at radius 1 is 0.976 bits per heavy atom. The van der Waals surface area contributed by atoms with E-state index in [1.165, 1.54) is 0 Å². The molecule has 0 aromatic heterocycles. The van der Waals surface area contributed by atoms with E-state index < -0.39 is 17.8 Å². The van der Waals surface area contributed by atoms with Gasteiger partial charge in [0.25, 0.3) is 11.8 Å². The topological polar surface area (TPSA) is 140 Å². The lowest BCUT2D eigenvalue weighted by molar-refractivity contribution is -0.131. The third kappa shape index (κ3) is 8.79. The average molecular weight is 594 g/mol. The first-order valence-corrected chi connectivity index (χ1v) is 13.7. The molecule has 1 aliphatic rings. The van der Waals surface area contributed by atoms with Crippen LogP contribution in [0.4, 0.5) is 5.69 Å². The number of aliphatic carboxylic acids is 1. The lowest BCUT2D eigenvalue weighted by Gasteiger charge is -2.24. The molecule has 3 amide bonds. The molecule has 1 heterocycles. The van der Waals surface area contributed by atoms with Gasteiger partial charge in [-0.15, -0.1) is 12.4 Å². The number of hydrogen-bond acceptors (Lipinski definition) is 6. The fourth-order valence-corrected chi connectivity index (χ4v) is 4.91. The van der Waals surface area contributed by atoms with Gasteiger partial charge in [0.15, 0.2) is 0 Å². The molecular weight excluding hydrogens is 558 g/mol. The number of aryl methyl sites for hydroxylation is 1. The highest BCUT2D eigenvalue weighted by atomic mass is 35.5. The first-order chi connectivity index (χ1) is 19.8. The fraction of sp³-hybridized carbons (Fsp3) is 0.290. The maximum atomic E-state index is 13.7. The fourth-order valence-electron chi connectivity index (χ4n) is 4.91. The van der Waals surface area contributed by atoms with Gasteiger partial charge < -0.3 is 20.6 Å². The number of benzene rings is 3. The minimum atomic E-state index is -1.27. The number of anilines is 1. The molecule has 0 aliphatic carbocycles. The Balaban J connectivity index is 0.00000484. The van der Waals surface area contributed by atoms with Gasteiger partial charge in [-0.05, 0) is 60.3 Å². The second kappa shape index (κ2) is 15.6. The van der Waals surface area contributed by atoms with Gasteiger partial charge in [-0.3, -0.25) is 25.2 Å². The molecule has 1 fully saturated rings. The highest BCUT2D eigenvalue weighted by Gasteiger charge is 2.20. The van der Waals surface area contributed by atoms with Crippen molar-refractivity contribution >= 4 is 52.6 Å². The molecule has 3 aromatic rings. The molecule has 4 rings (SSSR count). The van der Waals surface area contributed by atoms with Crippen molar-refractivity contribution < 1.29 is 24.3 Å². The summed E-state index contributed by atoms with van der Waals surface area (Å²) in [5, 5.41) is 17.3. The number of fused-ring (bicyclic) bond motifs is 1. The van der Waals surface area contributed by atoms with Crippen LogP contribution in [0.2, 0.25) is 0 Å². The SMILES string of the molecule is C[C@@H](NC(=O)c1cc(N2CCCNCC2)ccc1CCC(=O)NNC(=O)/C=C/C(=O)O)c1cccc2ccccc12.Cl. The molecule has 1 atom stereocenters. The molecule has 5 N–H and O–H groups in total. The van der Waals surface area contributed by atoms with Crippen molar-refractivity contribution in [1.29, 1.82) is 0 Å². The summed E-state index contributed by atoms with van der Waals surface area (Å²) in [6.07, 6.45) is 2.75. The van der Waals surface area contributed by atoms with Crippen LogP contribution in [0.5, 0.6) is 0 Å². The number of carbonyl (C=O) groups excluding carboxylic acids is 3. The molecule has 0 radical (unpaired) electrons. The van der Waals surface area contributed by atoms with E-state index in [1.54, 1.807) is 0 Å². The highest BCUT2D eigenvalue weighted by molar-refractivity contribution is 5.98.